The maximum absolute atomic E-state index is 6.06. The van der Waals surface area contributed by atoms with E-state index in [1.165, 1.54) is 37.2 Å². The van der Waals surface area contributed by atoms with Crippen LogP contribution in [0.1, 0.15) is 32.6 Å². The maximum atomic E-state index is 6.06. The molecule has 0 saturated carbocycles. The first kappa shape index (κ1) is 12.7. The van der Waals surface area contributed by atoms with Crippen molar-refractivity contribution in [2.45, 2.75) is 38.2 Å². The SMILES string of the molecule is CNCC(C)CC1CCOC2(CCSC2)C1. The van der Waals surface area contributed by atoms with E-state index >= 15 is 0 Å². The second-order valence-corrected chi connectivity index (χ2v) is 6.70. The summed E-state index contributed by atoms with van der Waals surface area (Å²) < 4.78 is 6.06. The molecule has 94 valence electrons. The van der Waals surface area contributed by atoms with Gasteiger partial charge in [-0.2, -0.15) is 11.8 Å². The lowest BCUT2D eigenvalue weighted by atomic mass is 9.81. The third-order valence-corrected chi connectivity index (χ3v) is 5.17. The lowest BCUT2D eigenvalue weighted by molar-refractivity contribution is -0.0823. The molecule has 2 aliphatic rings. The van der Waals surface area contributed by atoms with Crippen molar-refractivity contribution in [1.29, 1.82) is 0 Å². The Morgan fingerprint density at radius 2 is 2.44 bits per heavy atom. The molecule has 3 atom stereocenters. The molecule has 0 radical (unpaired) electrons. The van der Waals surface area contributed by atoms with Gasteiger partial charge in [0.1, 0.15) is 0 Å². The second kappa shape index (κ2) is 5.74. The van der Waals surface area contributed by atoms with Crippen LogP contribution in [0.25, 0.3) is 0 Å². The summed E-state index contributed by atoms with van der Waals surface area (Å²) in [5.41, 5.74) is 0.271. The molecule has 16 heavy (non-hydrogen) atoms. The molecule has 3 heteroatoms. The number of thioether (sulfide) groups is 1. The standard InChI is InChI=1S/C13H25NOS/c1-11(9-14-2)7-12-3-5-15-13(8-12)4-6-16-10-13/h11-12,14H,3-10H2,1-2H3. The first-order valence-electron chi connectivity index (χ1n) is 6.60. The fraction of sp³-hybridized carbons (Fsp3) is 1.00. The van der Waals surface area contributed by atoms with Gasteiger partial charge in [0.2, 0.25) is 0 Å². The van der Waals surface area contributed by atoms with Crippen molar-refractivity contribution in [1.82, 2.24) is 5.32 Å². The van der Waals surface area contributed by atoms with Gasteiger partial charge in [-0.3, -0.25) is 0 Å². The highest BCUT2D eigenvalue weighted by Gasteiger charge is 2.40. The van der Waals surface area contributed by atoms with Crippen molar-refractivity contribution < 1.29 is 4.74 Å². The minimum Gasteiger partial charge on any atom is -0.374 e. The van der Waals surface area contributed by atoms with Crippen LogP contribution in [0.2, 0.25) is 0 Å². The molecule has 0 aliphatic carbocycles. The lowest BCUT2D eigenvalue weighted by Crippen LogP contribution is -2.40. The van der Waals surface area contributed by atoms with Crippen LogP contribution in [0.15, 0.2) is 0 Å². The summed E-state index contributed by atoms with van der Waals surface area (Å²) >= 11 is 2.07. The Balaban J connectivity index is 1.82. The van der Waals surface area contributed by atoms with Crippen molar-refractivity contribution in [2.75, 3.05) is 31.7 Å². The Hall–Kier alpha value is 0.270. The van der Waals surface area contributed by atoms with E-state index in [1.54, 1.807) is 0 Å². The van der Waals surface area contributed by atoms with Gasteiger partial charge >= 0.3 is 0 Å². The molecule has 2 fully saturated rings. The van der Waals surface area contributed by atoms with Gasteiger partial charge in [-0.15, -0.1) is 0 Å². The summed E-state index contributed by atoms with van der Waals surface area (Å²) in [5, 5.41) is 3.28. The largest absolute Gasteiger partial charge is 0.374 e. The van der Waals surface area contributed by atoms with E-state index in [9.17, 15) is 0 Å². The van der Waals surface area contributed by atoms with E-state index in [-0.39, 0.29) is 5.60 Å². The Morgan fingerprint density at radius 1 is 1.56 bits per heavy atom. The molecule has 2 nitrogen and oxygen atoms in total. The molecule has 1 N–H and O–H groups in total. The summed E-state index contributed by atoms with van der Waals surface area (Å²) in [7, 11) is 2.05. The first-order chi connectivity index (χ1) is 7.74. The van der Waals surface area contributed by atoms with Crippen LogP contribution in [0.5, 0.6) is 0 Å². The van der Waals surface area contributed by atoms with Gasteiger partial charge in [0.25, 0.3) is 0 Å². The quantitative estimate of drug-likeness (QED) is 0.820. The average molecular weight is 243 g/mol. The highest BCUT2D eigenvalue weighted by atomic mass is 32.2. The van der Waals surface area contributed by atoms with Crippen molar-refractivity contribution in [2.24, 2.45) is 11.8 Å². The summed E-state index contributed by atoms with van der Waals surface area (Å²) in [6, 6.07) is 0. The number of hydrogen-bond donors (Lipinski definition) is 1. The minimum absolute atomic E-state index is 0.271. The highest BCUT2D eigenvalue weighted by Crippen LogP contribution is 2.41. The number of hydrogen-bond acceptors (Lipinski definition) is 3. The Bertz CT molecular complexity index is 216. The van der Waals surface area contributed by atoms with Gasteiger partial charge in [-0.05, 0) is 56.9 Å². The summed E-state index contributed by atoms with van der Waals surface area (Å²) in [6.07, 6.45) is 5.25. The van der Waals surface area contributed by atoms with Crippen LogP contribution in [-0.2, 0) is 4.74 Å². The molecule has 2 saturated heterocycles. The fourth-order valence-electron chi connectivity index (χ4n) is 3.19. The van der Waals surface area contributed by atoms with Gasteiger partial charge in [-0.25, -0.2) is 0 Å². The number of nitrogens with one attached hydrogen (secondary N) is 1. The molecule has 1 spiro atoms. The van der Waals surface area contributed by atoms with Gasteiger partial charge < -0.3 is 10.1 Å². The molecular formula is C13H25NOS. The van der Waals surface area contributed by atoms with E-state index in [4.69, 9.17) is 4.74 Å². The summed E-state index contributed by atoms with van der Waals surface area (Å²) in [5.74, 6) is 4.25. The Morgan fingerprint density at radius 3 is 3.12 bits per heavy atom. The average Bonchev–Trinajstić information content (AvgIpc) is 2.66. The molecule has 0 amide bonds. The number of ether oxygens (including phenoxy) is 1. The summed E-state index contributed by atoms with van der Waals surface area (Å²) in [4.78, 5) is 0. The van der Waals surface area contributed by atoms with Gasteiger partial charge in [-0.1, -0.05) is 6.92 Å². The van der Waals surface area contributed by atoms with E-state index < -0.39 is 0 Å². The van der Waals surface area contributed by atoms with Crippen molar-refractivity contribution in [3.05, 3.63) is 0 Å². The molecule has 2 heterocycles. The molecule has 2 aliphatic heterocycles. The second-order valence-electron chi connectivity index (χ2n) is 5.59. The maximum Gasteiger partial charge on any atom is 0.0783 e. The zero-order chi connectivity index (χ0) is 11.4. The molecule has 0 bridgehead atoms. The van der Waals surface area contributed by atoms with Gasteiger partial charge in [0, 0.05) is 12.4 Å². The topological polar surface area (TPSA) is 21.3 Å². The van der Waals surface area contributed by atoms with E-state index in [1.807, 2.05) is 0 Å². The monoisotopic (exact) mass is 243 g/mol. The zero-order valence-electron chi connectivity index (χ0n) is 10.6. The molecule has 0 aromatic rings. The molecule has 2 rings (SSSR count). The lowest BCUT2D eigenvalue weighted by Gasteiger charge is -2.38. The summed E-state index contributed by atoms with van der Waals surface area (Å²) in [6.45, 7) is 4.51. The van der Waals surface area contributed by atoms with E-state index in [2.05, 4.69) is 31.1 Å². The first-order valence-corrected chi connectivity index (χ1v) is 7.76. The molecule has 3 unspecified atom stereocenters. The van der Waals surface area contributed by atoms with Gasteiger partial charge in [0.15, 0.2) is 0 Å². The third-order valence-electron chi connectivity index (χ3n) is 3.95. The molecule has 0 aromatic carbocycles. The van der Waals surface area contributed by atoms with Crippen LogP contribution in [0, 0.1) is 11.8 Å². The van der Waals surface area contributed by atoms with Crippen molar-refractivity contribution in [3.8, 4) is 0 Å². The predicted octanol–water partition coefficient (Wildman–Crippen LogP) is 2.53. The Kier molecular flexibility index (Phi) is 4.57. The van der Waals surface area contributed by atoms with Crippen LogP contribution in [0.4, 0.5) is 0 Å². The highest BCUT2D eigenvalue weighted by molar-refractivity contribution is 7.99. The third kappa shape index (κ3) is 3.14. The smallest absolute Gasteiger partial charge is 0.0783 e. The fourth-order valence-corrected chi connectivity index (χ4v) is 4.57. The van der Waals surface area contributed by atoms with Gasteiger partial charge in [0.05, 0.1) is 5.60 Å². The van der Waals surface area contributed by atoms with Crippen molar-refractivity contribution in [3.63, 3.8) is 0 Å². The minimum atomic E-state index is 0.271. The van der Waals surface area contributed by atoms with E-state index in [0.717, 1.165) is 25.0 Å². The van der Waals surface area contributed by atoms with E-state index in [0.29, 0.717) is 0 Å². The predicted molar refractivity (Wildman–Crippen MR) is 71.1 cm³/mol. The molecular weight excluding hydrogens is 218 g/mol. The van der Waals surface area contributed by atoms with Crippen molar-refractivity contribution >= 4 is 11.8 Å². The van der Waals surface area contributed by atoms with Crippen LogP contribution >= 0.6 is 11.8 Å². The van der Waals surface area contributed by atoms with Crippen LogP contribution in [0.3, 0.4) is 0 Å². The van der Waals surface area contributed by atoms with Crippen LogP contribution < -0.4 is 5.32 Å². The van der Waals surface area contributed by atoms with Crippen LogP contribution in [-0.4, -0.2) is 37.3 Å². The zero-order valence-corrected chi connectivity index (χ0v) is 11.4. The number of rotatable bonds is 4. The molecule has 0 aromatic heterocycles. The normalized spacial score (nSPS) is 36.8. The Labute approximate surface area is 104 Å².